The fourth-order valence-electron chi connectivity index (χ4n) is 4.51. The van der Waals surface area contributed by atoms with Crippen LogP contribution in [0.15, 0.2) is 51.1 Å². The van der Waals surface area contributed by atoms with Gasteiger partial charge in [-0.25, -0.2) is 38.2 Å². The zero-order valence-electron chi connectivity index (χ0n) is 21.6. The summed E-state index contributed by atoms with van der Waals surface area (Å²) in [5, 5.41) is 12.2. The standard InChI is InChI=1S/C24H30N4O7S3/c1-26(2)36(30,31)20-13-19(29)15-7-8-18-22(38(34,35)28(5)12-6-11-25)14-21(37(32,33)27(3)4)17-10-9-16(20)23(15)24(17)18/h7-10,13-14,29H,6,11-12,25H2,1-5H3. The molecule has 38 heavy (non-hydrogen) atoms. The highest BCUT2D eigenvalue weighted by Crippen LogP contribution is 2.45. The number of hydrogen-bond acceptors (Lipinski definition) is 8. The van der Waals surface area contributed by atoms with Crippen molar-refractivity contribution in [3.8, 4) is 5.75 Å². The number of nitrogens with two attached hydrogens (primary N) is 1. The minimum Gasteiger partial charge on any atom is -0.507 e. The van der Waals surface area contributed by atoms with E-state index in [1.807, 2.05) is 0 Å². The van der Waals surface area contributed by atoms with Gasteiger partial charge in [-0.2, -0.15) is 0 Å². The molecule has 0 saturated carbocycles. The van der Waals surface area contributed by atoms with Crippen molar-refractivity contribution < 1.29 is 30.4 Å². The molecule has 0 aliphatic heterocycles. The van der Waals surface area contributed by atoms with Crippen LogP contribution in [0.1, 0.15) is 6.42 Å². The van der Waals surface area contributed by atoms with E-state index in [-0.39, 0.29) is 65.8 Å². The topological polar surface area (TPSA) is 158 Å². The van der Waals surface area contributed by atoms with E-state index in [0.29, 0.717) is 6.42 Å². The summed E-state index contributed by atoms with van der Waals surface area (Å²) in [5.74, 6) is -0.335. The SMILES string of the molecule is CN(C)S(=O)(=O)c1cc(O)c2ccc3c(S(=O)(=O)N(C)CCCN)cc(S(=O)(=O)N(C)C)c4ccc1c2c43. The normalized spacial score (nSPS) is 13.7. The summed E-state index contributed by atoms with van der Waals surface area (Å²) in [7, 11) is -5.61. The predicted octanol–water partition coefficient (Wildman–Crippen LogP) is 1.76. The van der Waals surface area contributed by atoms with Crippen LogP contribution in [-0.4, -0.2) is 91.6 Å². The molecule has 0 amide bonds. The predicted molar refractivity (Wildman–Crippen MR) is 147 cm³/mol. The van der Waals surface area contributed by atoms with Crippen molar-refractivity contribution in [3.63, 3.8) is 0 Å². The van der Waals surface area contributed by atoms with Crippen LogP contribution in [-0.2, 0) is 30.1 Å². The Labute approximate surface area is 222 Å². The maximum Gasteiger partial charge on any atom is 0.243 e. The molecule has 0 aliphatic carbocycles. The summed E-state index contributed by atoms with van der Waals surface area (Å²) in [6, 6.07) is 8.25. The van der Waals surface area contributed by atoms with Gasteiger partial charge in [0.05, 0.1) is 14.7 Å². The lowest BCUT2D eigenvalue weighted by atomic mass is 9.94. The molecule has 0 atom stereocenters. The number of phenols is 1. The second-order valence-electron chi connectivity index (χ2n) is 9.38. The first kappa shape index (κ1) is 28.4. The fraction of sp³-hybridized carbons (Fsp3) is 0.333. The second-order valence-corrected chi connectivity index (χ2v) is 15.6. The number of benzene rings is 4. The Hall–Kier alpha value is -2.59. The highest BCUT2D eigenvalue weighted by atomic mass is 32.2. The zero-order chi connectivity index (χ0) is 28.4. The van der Waals surface area contributed by atoms with Gasteiger partial charge >= 0.3 is 0 Å². The second kappa shape index (κ2) is 9.55. The minimum absolute atomic E-state index is 0.114. The fourth-order valence-corrected chi connectivity index (χ4v) is 8.22. The summed E-state index contributed by atoms with van der Waals surface area (Å²) in [6.07, 6.45) is 0.393. The Kier molecular flexibility index (Phi) is 7.14. The van der Waals surface area contributed by atoms with Crippen LogP contribution in [0.4, 0.5) is 0 Å². The number of aromatic hydroxyl groups is 1. The molecular weight excluding hydrogens is 552 g/mol. The maximum absolute atomic E-state index is 13.7. The maximum atomic E-state index is 13.7. The first-order valence-corrected chi connectivity index (χ1v) is 15.9. The van der Waals surface area contributed by atoms with Crippen LogP contribution >= 0.6 is 0 Å². The van der Waals surface area contributed by atoms with Crippen LogP contribution in [0.2, 0.25) is 0 Å². The zero-order valence-corrected chi connectivity index (χ0v) is 24.1. The van der Waals surface area contributed by atoms with Crippen molar-refractivity contribution in [1.82, 2.24) is 12.9 Å². The summed E-state index contributed by atoms with van der Waals surface area (Å²) < 4.78 is 83.8. The first-order chi connectivity index (χ1) is 17.6. The van der Waals surface area contributed by atoms with Crippen molar-refractivity contribution in [3.05, 3.63) is 36.4 Å². The van der Waals surface area contributed by atoms with Crippen LogP contribution in [0.25, 0.3) is 32.3 Å². The van der Waals surface area contributed by atoms with Gasteiger partial charge in [0.2, 0.25) is 30.1 Å². The minimum atomic E-state index is -4.20. The van der Waals surface area contributed by atoms with E-state index in [1.165, 1.54) is 59.5 Å². The Morgan fingerprint density at radius 1 is 0.658 bits per heavy atom. The lowest BCUT2D eigenvalue weighted by molar-refractivity contribution is 0.464. The van der Waals surface area contributed by atoms with Gasteiger partial charge < -0.3 is 10.8 Å². The molecule has 4 rings (SSSR count). The molecule has 4 aromatic carbocycles. The molecule has 0 radical (unpaired) electrons. The lowest BCUT2D eigenvalue weighted by Crippen LogP contribution is -2.30. The Bertz CT molecular complexity index is 1890. The summed E-state index contributed by atoms with van der Waals surface area (Å²) in [5.41, 5.74) is 5.56. The van der Waals surface area contributed by atoms with Crippen LogP contribution in [0, 0.1) is 0 Å². The van der Waals surface area contributed by atoms with Gasteiger partial charge in [0.25, 0.3) is 0 Å². The van der Waals surface area contributed by atoms with Gasteiger partial charge in [0, 0.05) is 80.2 Å². The average Bonchev–Trinajstić information content (AvgIpc) is 2.85. The van der Waals surface area contributed by atoms with Gasteiger partial charge in [0.1, 0.15) is 5.75 Å². The van der Waals surface area contributed by atoms with Gasteiger partial charge in [-0.15, -0.1) is 0 Å². The Morgan fingerprint density at radius 2 is 1.05 bits per heavy atom. The molecule has 0 aromatic heterocycles. The van der Waals surface area contributed by atoms with Gasteiger partial charge in [-0.1, -0.05) is 18.2 Å². The average molecular weight is 583 g/mol. The molecule has 0 fully saturated rings. The molecule has 0 bridgehead atoms. The first-order valence-electron chi connectivity index (χ1n) is 11.6. The summed E-state index contributed by atoms with van der Waals surface area (Å²) in [4.78, 5) is -0.692. The number of sulfonamides is 3. The third-order valence-electron chi connectivity index (χ3n) is 6.65. The van der Waals surface area contributed by atoms with E-state index in [4.69, 9.17) is 5.73 Å². The number of hydrogen-bond donors (Lipinski definition) is 2. The molecule has 14 heteroatoms. The van der Waals surface area contributed by atoms with Crippen LogP contribution in [0.3, 0.4) is 0 Å². The van der Waals surface area contributed by atoms with Crippen molar-refractivity contribution in [2.24, 2.45) is 5.73 Å². The largest absolute Gasteiger partial charge is 0.507 e. The number of phenolic OH excluding ortho intramolecular Hbond substituents is 1. The van der Waals surface area contributed by atoms with Gasteiger partial charge in [-0.3, -0.25) is 0 Å². The smallest absolute Gasteiger partial charge is 0.243 e. The number of nitrogens with zero attached hydrogens (tertiary/aromatic N) is 3. The molecule has 3 N–H and O–H groups in total. The van der Waals surface area contributed by atoms with Crippen molar-refractivity contribution in [2.75, 3.05) is 48.3 Å². The monoisotopic (exact) mass is 582 g/mol. The van der Waals surface area contributed by atoms with E-state index in [9.17, 15) is 30.4 Å². The van der Waals surface area contributed by atoms with Gasteiger partial charge in [-0.05, 0) is 25.1 Å². The van der Waals surface area contributed by atoms with Crippen molar-refractivity contribution in [1.29, 1.82) is 0 Å². The van der Waals surface area contributed by atoms with E-state index in [2.05, 4.69) is 0 Å². The highest BCUT2D eigenvalue weighted by Gasteiger charge is 2.32. The van der Waals surface area contributed by atoms with E-state index < -0.39 is 30.1 Å². The quantitative estimate of drug-likeness (QED) is 0.283. The van der Waals surface area contributed by atoms with E-state index in [1.54, 1.807) is 0 Å². The summed E-state index contributed by atoms with van der Waals surface area (Å²) >= 11 is 0. The third kappa shape index (κ3) is 4.20. The Balaban J connectivity index is 2.29. The van der Waals surface area contributed by atoms with Crippen LogP contribution < -0.4 is 5.73 Å². The third-order valence-corrected chi connectivity index (χ3v) is 12.3. The lowest BCUT2D eigenvalue weighted by Gasteiger charge is -2.23. The molecule has 11 nitrogen and oxygen atoms in total. The molecule has 0 saturated heterocycles. The highest BCUT2D eigenvalue weighted by molar-refractivity contribution is 7.90. The molecule has 0 unspecified atom stereocenters. The van der Waals surface area contributed by atoms with Crippen LogP contribution in [0.5, 0.6) is 5.75 Å². The molecule has 206 valence electrons. The van der Waals surface area contributed by atoms with Gasteiger partial charge in [0.15, 0.2) is 0 Å². The van der Waals surface area contributed by atoms with Crippen molar-refractivity contribution in [2.45, 2.75) is 21.1 Å². The molecule has 0 spiro atoms. The van der Waals surface area contributed by atoms with E-state index in [0.717, 1.165) is 25.0 Å². The molecular formula is C24H30N4O7S3. The molecule has 0 heterocycles. The van der Waals surface area contributed by atoms with E-state index >= 15 is 0 Å². The Morgan fingerprint density at radius 3 is 1.50 bits per heavy atom. The molecule has 4 aromatic rings. The summed E-state index contributed by atoms with van der Waals surface area (Å²) in [6.45, 7) is 0.379. The van der Waals surface area contributed by atoms with Crippen molar-refractivity contribution >= 4 is 62.4 Å². The molecule has 0 aliphatic rings. The number of rotatable bonds is 9.